The van der Waals surface area contributed by atoms with E-state index in [-0.39, 0.29) is 11.5 Å². The third-order valence-corrected chi connectivity index (χ3v) is 2.81. The average molecular weight is 280 g/mol. The second-order valence-corrected chi connectivity index (χ2v) is 5.60. The summed E-state index contributed by atoms with van der Waals surface area (Å²) in [6.45, 7) is 7.24. The number of aromatic nitrogens is 5. The molecule has 0 aliphatic heterocycles. The normalized spacial score (nSPS) is 13.7. The molecule has 0 radical (unpaired) electrons. The summed E-state index contributed by atoms with van der Waals surface area (Å²) < 4.78 is 12.3. The van der Waals surface area contributed by atoms with E-state index in [4.69, 9.17) is 15.0 Å². The molecule has 1 atom stereocenters. The van der Waals surface area contributed by atoms with Gasteiger partial charge in [0.2, 0.25) is 5.82 Å². The number of rotatable bonds is 5. The van der Waals surface area contributed by atoms with Crippen LogP contribution in [0.25, 0.3) is 11.6 Å². The molecule has 0 aliphatic rings. The van der Waals surface area contributed by atoms with Crippen LogP contribution in [-0.4, -0.2) is 38.8 Å². The van der Waals surface area contributed by atoms with Gasteiger partial charge in [-0.05, 0) is 5.41 Å². The zero-order valence-corrected chi connectivity index (χ0v) is 12.2. The molecule has 2 aromatic rings. The molecule has 0 saturated heterocycles. The second kappa shape index (κ2) is 5.68. The van der Waals surface area contributed by atoms with Crippen LogP contribution in [0.2, 0.25) is 0 Å². The number of nitrogens with zero attached hydrogens (tertiary/aromatic N) is 5. The third-order valence-electron chi connectivity index (χ3n) is 2.81. The number of methoxy groups -OCH3 is 1. The van der Waals surface area contributed by atoms with Crippen LogP contribution in [0.5, 0.6) is 0 Å². The van der Waals surface area contributed by atoms with Gasteiger partial charge >= 0.3 is 0 Å². The highest BCUT2D eigenvalue weighted by atomic mass is 16.5. The van der Waals surface area contributed by atoms with Crippen molar-refractivity contribution in [2.75, 3.05) is 13.7 Å². The Morgan fingerprint density at radius 3 is 2.80 bits per heavy atom. The molecule has 1 unspecified atom stereocenters. The van der Waals surface area contributed by atoms with Gasteiger partial charge in [0.15, 0.2) is 5.69 Å². The van der Waals surface area contributed by atoms with Crippen molar-refractivity contribution in [1.82, 2.24) is 25.1 Å². The fourth-order valence-corrected chi connectivity index (χ4v) is 1.93. The van der Waals surface area contributed by atoms with Crippen LogP contribution >= 0.6 is 0 Å². The summed E-state index contributed by atoms with van der Waals surface area (Å²) in [5.74, 6) is 0.831. The summed E-state index contributed by atoms with van der Waals surface area (Å²) in [6.07, 6.45) is 1.47. The molecule has 8 nitrogen and oxygen atoms in total. The molecule has 2 rings (SSSR count). The molecule has 0 saturated carbocycles. The number of nitrogens with two attached hydrogens (primary N) is 1. The molecule has 0 spiro atoms. The van der Waals surface area contributed by atoms with Gasteiger partial charge in [-0.2, -0.15) is 4.98 Å². The van der Waals surface area contributed by atoms with E-state index < -0.39 is 0 Å². The average Bonchev–Trinajstić information content (AvgIpc) is 2.97. The molecule has 0 aromatic carbocycles. The molecule has 0 bridgehead atoms. The minimum absolute atomic E-state index is 0.132. The van der Waals surface area contributed by atoms with Gasteiger partial charge in [0.25, 0.3) is 5.89 Å². The van der Waals surface area contributed by atoms with E-state index >= 15 is 0 Å². The van der Waals surface area contributed by atoms with Crippen molar-refractivity contribution in [3.8, 4) is 11.6 Å². The van der Waals surface area contributed by atoms with Crippen LogP contribution in [0.1, 0.15) is 32.7 Å². The van der Waals surface area contributed by atoms with Gasteiger partial charge in [-0.3, -0.25) is 4.68 Å². The highest BCUT2D eigenvalue weighted by molar-refractivity contribution is 5.43. The van der Waals surface area contributed by atoms with Gasteiger partial charge in [0, 0.05) is 13.7 Å². The number of hydrogen-bond acceptors (Lipinski definition) is 7. The largest absolute Gasteiger partial charge is 0.373 e. The Kier molecular flexibility index (Phi) is 4.15. The van der Waals surface area contributed by atoms with E-state index in [9.17, 15) is 0 Å². The highest BCUT2D eigenvalue weighted by Crippen LogP contribution is 2.34. The van der Waals surface area contributed by atoms with Crippen LogP contribution in [0, 0.1) is 5.41 Å². The standard InChI is InChI=1S/C12H20N6O2/c1-12(2,3)9(19-4)10-14-11(20-16-10)8-7-18(6-5-13)17-15-8/h7,9H,5-6,13H2,1-4H3. The first-order valence-corrected chi connectivity index (χ1v) is 6.42. The Labute approximate surface area is 117 Å². The quantitative estimate of drug-likeness (QED) is 0.871. The topological polar surface area (TPSA) is 105 Å². The van der Waals surface area contributed by atoms with Gasteiger partial charge < -0.3 is 15.0 Å². The fraction of sp³-hybridized carbons (Fsp3) is 0.667. The second-order valence-electron chi connectivity index (χ2n) is 5.60. The predicted octanol–water partition coefficient (Wildman–Crippen LogP) is 1.02. The van der Waals surface area contributed by atoms with Crippen molar-refractivity contribution in [3.63, 3.8) is 0 Å². The van der Waals surface area contributed by atoms with E-state index in [1.165, 1.54) is 0 Å². The van der Waals surface area contributed by atoms with Gasteiger partial charge in [0.05, 0.1) is 12.7 Å². The van der Waals surface area contributed by atoms with E-state index in [1.807, 2.05) is 0 Å². The number of hydrogen-bond donors (Lipinski definition) is 1. The minimum atomic E-state index is -0.251. The molecule has 2 aromatic heterocycles. The molecule has 0 amide bonds. The molecule has 0 aliphatic carbocycles. The van der Waals surface area contributed by atoms with E-state index in [0.29, 0.717) is 30.5 Å². The summed E-state index contributed by atoms with van der Waals surface area (Å²) in [6, 6.07) is 0. The Morgan fingerprint density at radius 2 is 2.20 bits per heavy atom. The Morgan fingerprint density at radius 1 is 1.45 bits per heavy atom. The smallest absolute Gasteiger partial charge is 0.280 e. The minimum Gasteiger partial charge on any atom is -0.373 e. The summed E-state index contributed by atoms with van der Waals surface area (Å²) in [7, 11) is 1.63. The lowest BCUT2D eigenvalue weighted by molar-refractivity contribution is 0.00718. The fourth-order valence-electron chi connectivity index (χ4n) is 1.93. The molecular weight excluding hydrogens is 260 g/mol. The molecule has 110 valence electrons. The first kappa shape index (κ1) is 14.6. The van der Waals surface area contributed by atoms with E-state index in [1.54, 1.807) is 18.0 Å². The van der Waals surface area contributed by atoms with Crippen LogP contribution < -0.4 is 5.73 Å². The summed E-state index contributed by atoms with van der Waals surface area (Å²) in [4.78, 5) is 4.34. The van der Waals surface area contributed by atoms with Crippen molar-refractivity contribution < 1.29 is 9.26 Å². The van der Waals surface area contributed by atoms with E-state index in [2.05, 4.69) is 41.2 Å². The molecule has 2 N–H and O–H groups in total. The molecule has 0 fully saturated rings. The zero-order valence-electron chi connectivity index (χ0n) is 12.2. The lowest BCUT2D eigenvalue weighted by Crippen LogP contribution is -2.21. The van der Waals surface area contributed by atoms with E-state index in [0.717, 1.165) is 0 Å². The van der Waals surface area contributed by atoms with Crippen molar-refractivity contribution in [3.05, 3.63) is 12.0 Å². The summed E-state index contributed by atoms with van der Waals surface area (Å²) in [5.41, 5.74) is 5.86. The van der Waals surface area contributed by atoms with Crippen molar-refractivity contribution in [2.24, 2.45) is 11.1 Å². The monoisotopic (exact) mass is 280 g/mol. The maximum absolute atomic E-state index is 5.46. The first-order valence-electron chi connectivity index (χ1n) is 6.42. The Balaban J connectivity index is 2.23. The molecule has 8 heteroatoms. The van der Waals surface area contributed by atoms with Gasteiger partial charge in [-0.15, -0.1) is 5.10 Å². The molecular formula is C12H20N6O2. The summed E-state index contributed by atoms with van der Waals surface area (Å²) in [5, 5.41) is 11.9. The third kappa shape index (κ3) is 3.02. The summed E-state index contributed by atoms with van der Waals surface area (Å²) >= 11 is 0. The van der Waals surface area contributed by atoms with Crippen LogP contribution in [-0.2, 0) is 11.3 Å². The first-order chi connectivity index (χ1) is 9.45. The maximum Gasteiger partial charge on any atom is 0.280 e. The Hall–Kier alpha value is -1.80. The van der Waals surface area contributed by atoms with Gasteiger partial charge in [0.1, 0.15) is 6.10 Å². The lowest BCUT2D eigenvalue weighted by atomic mass is 9.88. The van der Waals surface area contributed by atoms with Gasteiger partial charge in [-0.1, -0.05) is 31.1 Å². The predicted molar refractivity (Wildman–Crippen MR) is 71.6 cm³/mol. The van der Waals surface area contributed by atoms with Crippen molar-refractivity contribution >= 4 is 0 Å². The van der Waals surface area contributed by atoms with Crippen molar-refractivity contribution in [2.45, 2.75) is 33.4 Å². The molecule has 2 heterocycles. The highest BCUT2D eigenvalue weighted by Gasteiger charge is 2.31. The lowest BCUT2D eigenvalue weighted by Gasteiger charge is -2.26. The van der Waals surface area contributed by atoms with Gasteiger partial charge in [-0.25, -0.2) is 0 Å². The maximum atomic E-state index is 5.46. The van der Waals surface area contributed by atoms with Crippen LogP contribution in [0.3, 0.4) is 0 Å². The zero-order chi connectivity index (χ0) is 14.8. The number of ether oxygens (including phenoxy) is 1. The SMILES string of the molecule is COC(c1noc(-c2cn(CCN)nn2)n1)C(C)(C)C. The van der Waals surface area contributed by atoms with Crippen LogP contribution in [0.15, 0.2) is 10.7 Å². The van der Waals surface area contributed by atoms with Crippen LogP contribution in [0.4, 0.5) is 0 Å². The van der Waals surface area contributed by atoms with Crippen molar-refractivity contribution in [1.29, 1.82) is 0 Å². The Bertz CT molecular complexity index is 556. The molecule has 20 heavy (non-hydrogen) atoms.